The zero-order chi connectivity index (χ0) is 41.5. The molecule has 3 N–H and O–H groups in total. The molecule has 1 aromatic heterocycles. The van der Waals surface area contributed by atoms with E-state index in [9.17, 15) is 65.4 Å². The van der Waals surface area contributed by atoms with Gasteiger partial charge in [0.25, 0.3) is 0 Å². The van der Waals surface area contributed by atoms with Crippen molar-refractivity contribution in [1.29, 1.82) is 0 Å². The Morgan fingerprint density at radius 3 is 1.87 bits per heavy atom. The molecule has 0 fully saturated rings. The van der Waals surface area contributed by atoms with Gasteiger partial charge in [-0.3, -0.25) is 4.18 Å². The van der Waals surface area contributed by atoms with Crippen LogP contribution < -0.4 is 129 Å². The summed E-state index contributed by atoms with van der Waals surface area (Å²) in [7, 11) is -25.9. The Hall–Kier alpha value is -0.590. The molecule has 2 unspecified atom stereocenters. The molecule has 300 valence electrons. The fraction of sp³-hybridized carbons (Fsp3) is 0.148. The molecule has 0 amide bonds. The van der Waals surface area contributed by atoms with Gasteiger partial charge in [0.2, 0.25) is 32.5 Å². The standard InChI is InChI=1S/C27H24ClN7O16S5.4Na/c28-24-31-25(29-16-6-8-17(9-7-16)52(37,38)14-13-51-56(48,49)50)33-26(32-24)30-22-20(54(42,43)44)10-5-15-11-12-27(55(45,46)47,23(36)21(15)22)35-34-18-3-1-2-4-19(18)53(39,40)41;;;;/h1-12,23,36H,13-14H2,(H,39,40,41)(H,42,43,44)(H,45,46,47)(H,48,49,50)(H2,29,30,31,32,33);;;;/q;4*+1/p-4. The molecule has 0 aliphatic heterocycles. The van der Waals surface area contributed by atoms with Crippen molar-refractivity contribution < 1.29 is 188 Å². The number of halogens is 1. The van der Waals surface area contributed by atoms with E-state index in [0.29, 0.717) is 6.08 Å². The van der Waals surface area contributed by atoms with Crippen LogP contribution in [0.4, 0.5) is 29.0 Å². The van der Waals surface area contributed by atoms with Gasteiger partial charge >= 0.3 is 118 Å². The number of nitrogens with zero attached hydrogens (tertiary/aromatic N) is 5. The number of benzene rings is 3. The fourth-order valence-electron chi connectivity index (χ4n) is 4.95. The Morgan fingerprint density at radius 1 is 0.750 bits per heavy atom. The monoisotopic (exact) mass is 985 g/mol. The van der Waals surface area contributed by atoms with Gasteiger partial charge in [-0.25, -0.2) is 42.1 Å². The summed E-state index contributed by atoms with van der Waals surface area (Å²) < 4.78 is 171. The number of anilines is 4. The van der Waals surface area contributed by atoms with E-state index in [1.807, 2.05) is 0 Å². The number of azo groups is 1. The molecule has 23 nitrogen and oxygen atoms in total. The van der Waals surface area contributed by atoms with Gasteiger partial charge in [-0.05, 0) is 65.7 Å². The first-order valence-electron chi connectivity index (χ1n) is 14.6. The van der Waals surface area contributed by atoms with Gasteiger partial charge in [0, 0.05) is 11.3 Å². The zero-order valence-electron chi connectivity index (χ0n) is 31.1. The average molecular weight is 986 g/mol. The molecule has 4 aromatic rings. The Morgan fingerprint density at radius 2 is 1.32 bits per heavy atom. The van der Waals surface area contributed by atoms with Crippen LogP contribution in [0.15, 0.2) is 91.7 Å². The maximum absolute atomic E-state index is 12.8. The number of hydrogen-bond acceptors (Lipinski definition) is 23. The van der Waals surface area contributed by atoms with Crippen LogP contribution in [0.3, 0.4) is 0 Å². The van der Waals surface area contributed by atoms with E-state index in [1.54, 1.807) is 0 Å². The molecule has 33 heteroatoms. The van der Waals surface area contributed by atoms with Crippen LogP contribution in [0.2, 0.25) is 5.28 Å². The van der Waals surface area contributed by atoms with Gasteiger partial charge in [-0.2, -0.15) is 25.2 Å². The van der Waals surface area contributed by atoms with Crippen molar-refractivity contribution in [3.8, 4) is 0 Å². The van der Waals surface area contributed by atoms with E-state index in [2.05, 4.69) is 40.0 Å². The van der Waals surface area contributed by atoms with E-state index in [-0.39, 0.29) is 134 Å². The van der Waals surface area contributed by atoms with Crippen LogP contribution >= 0.6 is 11.6 Å². The SMILES string of the molecule is O=S(=O)([O-])OCCS(=O)(=O)c1ccc(Nc2nc(Cl)nc(Nc3c(S(=O)(=O)[O-])ccc4c3C(O)C(N=Nc3ccccc3S(=O)(=O)[O-])(S(=O)(=O)[O-])C=C4)n2)cc1.[Na+].[Na+].[Na+].[Na+]. The molecular weight excluding hydrogens is 966 g/mol. The molecule has 1 aliphatic carbocycles. The summed E-state index contributed by atoms with van der Waals surface area (Å²) in [6.07, 6.45) is -1.23. The number of aliphatic hydroxyl groups excluding tert-OH is 1. The molecule has 0 radical (unpaired) electrons. The van der Waals surface area contributed by atoms with E-state index in [4.69, 9.17) is 11.6 Å². The average Bonchev–Trinajstić information content (AvgIpc) is 3.06. The molecule has 3 aromatic carbocycles. The van der Waals surface area contributed by atoms with Crippen molar-refractivity contribution in [3.05, 3.63) is 83.2 Å². The predicted octanol–water partition coefficient (Wildman–Crippen LogP) is -10.8. The second-order valence-electron chi connectivity index (χ2n) is 11.0. The maximum atomic E-state index is 12.8. The predicted molar refractivity (Wildman–Crippen MR) is 185 cm³/mol. The number of sulfone groups is 1. The Balaban J connectivity index is 0.00000450. The Kier molecular flexibility index (Phi) is 21.1. The number of fused-ring (bicyclic) bond motifs is 1. The minimum atomic E-state index is -5.89. The third kappa shape index (κ3) is 14.0. The van der Waals surface area contributed by atoms with Crippen molar-refractivity contribution >= 4 is 97.2 Å². The number of aliphatic hydroxyl groups is 1. The summed E-state index contributed by atoms with van der Waals surface area (Å²) in [4.78, 5) is 5.82. The third-order valence-electron chi connectivity index (χ3n) is 7.42. The number of aromatic nitrogens is 3. The molecule has 1 aliphatic rings. The zero-order valence-corrected chi connectivity index (χ0v) is 44.0. The summed E-state index contributed by atoms with van der Waals surface area (Å²) in [6.45, 7) is -0.943. The molecule has 5 rings (SSSR count). The van der Waals surface area contributed by atoms with Crippen LogP contribution in [-0.4, -0.2) is 97.6 Å². The van der Waals surface area contributed by atoms with Crippen LogP contribution in [0.25, 0.3) is 6.08 Å². The van der Waals surface area contributed by atoms with Crippen LogP contribution in [-0.2, 0) is 54.8 Å². The molecule has 0 saturated heterocycles. The topological polar surface area (TPSA) is 380 Å². The largest absolute Gasteiger partial charge is 1.00 e. The Bertz CT molecular complexity index is 2860. The van der Waals surface area contributed by atoms with E-state index in [1.165, 1.54) is 18.2 Å². The molecule has 0 spiro atoms. The van der Waals surface area contributed by atoms with Gasteiger partial charge in [0.05, 0.1) is 32.7 Å². The molecule has 60 heavy (non-hydrogen) atoms. The number of nitrogens with one attached hydrogen (secondary N) is 2. The van der Waals surface area contributed by atoms with Crippen molar-refractivity contribution in [1.82, 2.24) is 15.0 Å². The fourth-order valence-corrected chi connectivity index (χ4v) is 8.62. The quantitative estimate of drug-likeness (QED) is 0.0457. The molecule has 1 heterocycles. The van der Waals surface area contributed by atoms with E-state index < -0.39 is 118 Å². The first-order valence-corrected chi connectivity index (χ1v) is 22.2. The maximum Gasteiger partial charge on any atom is 1.00 e. The summed E-state index contributed by atoms with van der Waals surface area (Å²) in [5.74, 6) is -1.93. The molecule has 0 bridgehead atoms. The summed E-state index contributed by atoms with van der Waals surface area (Å²) >= 11 is 6.05. The van der Waals surface area contributed by atoms with Gasteiger partial charge in [0.1, 0.15) is 42.1 Å². The van der Waals surface area contributed by atoms with Crippen molar-refractivity contribution in [2.45, 2.75) is 25.7 Å². The number of hydrogen-bond donors (Lipinski definition) is 3. The Labute approximate surface area is 436 Å². The first kappa shape index (κ1) is 57.4. The number of rotatable bonds is 14. The molecule has 2 atom stereocenters. The van der Waals surface area contributed by atoms with Crippen LogP contribution in [0.1, 0.15) is 17.2 Å². The van der Waals surface area contributed by atoms with Gasteiger partial charge in [0.15, 0.2) is 9.84 Å². The van der Waals surface area contributed by atoms with E-state index in [0.717, 1.165) is 48.5 Å². The third-order valence-corrected chi connectivity index (χ3v) is 12.7. The molecule has 0 saturated carbocycles. The minimum absolute atomic E-state index is 0. The first-order chi connectivity index (χ1) is 25.8. The normalized spacial score (nSPS) is 16.6. The van der Waals surface area contributed by atoms with Crippen LogP contribution in [0.5, 0.6) is 0 Å². The summed E-state index contributed by atoms with van der Waals surface area (Å²) in [5, 5.41) is 22.9. The smallest absolute Gasteiger partial charge is 0.746 e. The second kappa shape index (κ2) is 22.1. The van der Waals surface area contributed by atoms with Gasteiger partial charge < -0.3 is 34.0 Å². The summed E-state index contributed by atoms with van der Waals surface area (Å²) in [5.41, 5.74) is -2.45. The summed E-state index contributed by atoms with van der Waals surface area (Å²) in [6, 6.07) is 10.3. The van der Waals surface area contributed by atoms with Gasteiger partial charge in [-0.15, -0.1) is 0 Å². The van der Waals surface area contributed by atoms with E-state index >= 15 is 0 Å². The second-order valence-corrected chi connectivity index (χ2v) is 18.8. The van der Waals surface area contributed by atoms with Crippen LogP contribution in [0, 0.1) is 0 Å². The minimum Gasteiger partial charge on any atom is -0.746 e. The van der Waals surface area contributed by atoms with Crippen molar-refractivity contribution in [2.24, 2.45) is 10.2 Å². The van der Waals surface area contributed by atoms with Gasteiger partial charge in [-0.1, -0.05) is 24.3 Å². The molecular formula is C27H20ClN7Na4O16S5. The van der Waals surface area contributed by atoms with Crippen molar-refractivity contribution in [2.75, 3.05) is 23.0 Å². The van der Waals surface area contributed by atoms with Crippen molar-refractivity contribution in [3.63, 3.8) is 0 Å².